The predicted octanol–water partition coefficient (Wildman–Crippen LogP) is 2.55. The van der Waals surface area contributed by atoms with Crippen molar-refractivity contribution >= 4 is 17.7 Å². The Hall–Kier alpha value is -2.03. The molecule has 0 radical (unpaired) electrons. The molecular weight excluding hydrogens is 317 g/mol. The van der Waals surface area contributed by atoms with Crippen LogP contribution in [0.5, 0.6) is 0 Å². The second-order valence-corrected chi connectivity index (χ2v) is 5.27. The maximum Gasteiger partial charge on any atom is 0.416 e. The standard InChI is InChI=1S/C13H13F3N4OS/c1-22-8-20-7-11(18-19-20)12(21)17-6-9-2-4-10(5-3-9)13(14,15)16/h2-5,7H,6,8H2,1H3,(H,17,21). The lowest BCUT2D eigenvalue weighted by Crippen LogP contribution is -2.23. The van der Waals surface area contributed by atoms with E-state index >= 15 is 0 Å². The number of hydrogen-bond donors (Lipinski definition) is 1. The van der Waals surface area contributed by atoms with Gasteiger partial charge in [-0.15, -0.1) is 16.9 Å². The SMILES string of the molecule is CSCn1cc(C(=O)NCc2ccc(C(F)(F)F)cc2)nn1. The zero-order chi connectivity index (χ0) is 16.2. The fraction of sp³-hybridized carbons (Fsp3) is 0.308. The van der Waals surface area contributed by atoms with E-state index in [1.807, 2.05) is 6.26 Å². The summed E-state index contributed by atoms with van der Waals surface area (Å²) in [5.74, 6) is 0.159. The highest BCUT2D eigenvalue weighted by Crippen LogP contribution is 2.29. The van der Waals surface area contributed by atoms with E-state index in [0.717, 1.165) is 12.1 Å². The van der Waals surface area contributed by atoms with E-state index in [1.165, 1.54) is 34.8 Å². The highest BCUT2D eigenvalue weighted by atomic mass is 32.2. The Morgan fingerprint density at radius 3 is 2.59 bits per heavy atom. The summed E-state index contributed by atoms with van der Waals surface area (Å²) in [6, 6.07) is 4.62. The van der Waals surface area contributed by atoms with Gasteiger partial charge in [-0.1, -0.05) is 17.3 Å². The lowest BCUT2D eigenvalue weighted by molar-refractivity contribution is -0.137. The van der Waals surface area contributed by atoms with Crippen LogP contribution in [0.25, 0.3) is 0 Å². The van der Waals surface area contributed by atoms with Gasteiger partial charge in [0.15, 0.2) is 5.69 Å². The predicted molar refractivity (Wildman–Crippen MR) is 76.2 cm³/mol. The summed E-state index contributed by atoms with van der Waals surface area (Å²) < 4.78 is 38.8. The van der Waals surface area contributed by atoms with E-state index in [0.29, 0.717) is 11.4 Å². The molecule has 0 aliphatic rings. The molecular formula is C13H13F3N4OS. The van der Waals surface area contributed by atoms with Crippen LogP contribution in [0.2, 0.25) is 0 Å². The number of nitrogens with one attached hydrogen (secondary N) is 1. The number of aromatic nitrogens is 3. The third-order valence-corrected chi connectivity index (χ3v) is 3.29. The Balaban J connectivity index is 1.93. The highest BCUT2D eigenvalue weighted by molar-refractivity contribution is 7.97. The van der Waals surface area contributed by atoms with E-state index in [4.69, 9.17) is 0 Å². The minimum absolute atomic E-state index is 0.117. The lowest BCUT2D eigenvalue weighted by Gasteiger charge is -2.08. The molecule has 1 aromatic carbocycles. The second kappa shape index (κ2) is 6.82. The first kappa shape index (κ1) is 16.3. The van der Waals surface area contributed by atoms with Crippen molar-refractivity contribution in [1.29, 1.82) is 0 Å². The van der Waals surface area contributed by atoms with Gasteiger partial charge in [-0.05, 0) is 24.0 Å². The minimum atomic E-state index is -4.36. The largest absolute Gasteiger partial charge is 0.416 e. The molecule has 0 saturated carbocycles. The van der Waals surface area contributed by atoms with Crippen LogP contribution in [0.3, 0.4) is 0 Å². The number of thioether (sulfide) groups is 1. The van der Waals surface area contributed by atoms with Crippen molar-refractivity contribution < 1.29 is 18.0 Å². The maximum atomic E-state index is 12.4. The Kier molecular flexibility index (Phi) is 5.07. The normalized spacial score (nSPS) is 11.5. The molecule has 1 heterocycles. The van der Waals surface area contributed by atoms with Crippen molar-refractivity contribution in [3.63, 3.8) is 0 Å². The monoisotopic (exact) mass is 330 g/mol. The van der Waals surface area contributed by atoms with Gasteiger partial charge in [-0.3, -0.25) is 4.79 Å². The van der Waals surface area contributed by atoms with Crippen molar-refractivity contribution in [3.8, 4) is 0 Å². The van der Waals surface area contributed by atoms with Crippen LogP contribution in [-0.4, -0.2) is 27.2 Å². The number of alkyl halides is 3. The molecule has 0 aliphatic heterocycles. The summed E-state index contributed by atoms with van der Waals surface area (Å²) in [6.45, 7) is 0.117. The Labute approximate surface area is 128 Å². The zero-order valence-electron chi connectivity index (χ0n) is 11.6. The Morgan fingerprint density at radius 1 is 1.32 bits per heavy atom. The number of halogens is 3. The van der Waals surface area contributed by atoms with Crippen molar-refractivity contribution in [1.82, 2.24) is 20.3 Å². The number of rotatable bonds is 5. The fourth-order valence-electron chi connectivity index (χ4n) is 1.68. The molecule has 9 heteroatoms. The first-order valence-electron chi connectivity index (χ1n) is 6.23. The molecule has 118 valence electrons. The van der Waals surface area contributed by atoms with Gasteiger partial charge in [0, 0.05) is 6.54 Å². The van der Waals surface area contributed by atoms with E-state index in [-0.39, 0.29) is 12.2 Å². The number of carbonyl (C=O) groups excluding carboxylic acids is 1. The molecule has 1 aromatic heterocycles. The molecule has 0 aliphatic carbocycles. The third kappa shape index (κ3) is 4.23. The lowest BCUT2D eigenvalue weighted by atomic mass is 10.1. The first-order valence-corrected chi connectivity index (χ1v) is 7.63. The molecule has 0 saturated heterocycles. The van der Waals surface area contributed by atoms with Crippen molar-refractivity contribution in [3.05, 3.63) is 47.3 Å². The molecule has 0 unspecified atom stereocenters. The van der Waals surface area contributed by atoms with Gasteiger partial charge < -0.3 is 5.32 Å². The van der Waals surface area contributed by atoms with Crippen molar-refractivity contribution in [2.24, 2.45) is 0 Å². The molecule has 22 heavy (non-hydrogen) atoms. The van der Waals surface area contributed by atoms with Crippen LogP contribution >= 0.6 is 11.8 Å². The topological polar surface area (TPSA) is 59.8 Å². The molecule has 2 aromatic rings. The van der Waals surface area contributed by atoms with Crippen LogP contribution in [0, 0.1) is 0 Å². The number of benzene rings is 1. The molecule has 0 bridgehead atoms. The van der Waals surface area contributed by atoms with Crippen LogP contribution in [0.4, 0.5) is 13.2 Å². The Morgan fingerprint density at radius 2 is 2.00 bits per heavy atom. The van der Waals surface area contributed by atoms with Gasteiger partial charge in [0.25, 0.3) is 5.91 Å². The molecule has 1 N–H and O–H groups in total. The van der Waals surface area contributed by atoms with E-state index < -0.39 is 17.6 Å². The van der Waals surface area contributed by atoms with Gasteiger partial charge in [0.2, 0.25) is 0 Å². The maximum absolute atomic E-state index is 12.4. The van der Waals surface area contributed by atoms with Gasteiger partial charge in [-0.25, -0.2) is 4.68 Å². The van der Waals surface area contributed by atoms with E-state index in [1.54, 1.807) is 0 Å². The summed E-state index contributed by atoms with van der Waals surface area (Å²) in [7, 11) is 0. The third-order valence-electron chi connectivity index (χ3n) is 2.77. The molecule has 0 atom stereocenters. The number of amides is 1. The van der Waals surface area contributed by atoms with Crippen LogP contribution in [0.1, 0.15) is 21.6 Å². The van der Waals surface area contributed by atoms with Crippen LogP contribution in [0.15, 0.2) is 30.5 Å². The van der Waals surface area contributed by atoms with E-state index in [9.17, 15) is 18.0 Å². The first-order chi connectivity index (χ1) is 10.4. The second-order valence-electron chi connectivity index (χ2n) is 4.44. The van der Waals surface area contributed by atoms with Crippen molar-refractivity contribution in [2.75, 3.05) is 6.26 Å². The van der Waals surface area contributed by atoms with Gasteiger partial charge >= 0.3 is 6.18 Å². The van der Waals surface area contributed by atoms with E-state index in [2.05, 4.69) is 15.6 Å². The molecule has 5 nitrogen and oxygen atoms in total. The quantitative estimate of drug-likeness (QED) is 0.915. The highest BCUT2D eigenvalue weighted by Gasteiger charge is 2.29. The molecule has 1 amide bonds. The smallest absolute Gasteiger partial charge is 0.347 e. The number of hydrogen-bond acceptors (Lipinski definition) is 4. The minimum Gasteiger partial charge on any atom is -0.347 e. The van der Waals surface area contributed by atoms with Gasteiger partial charge in [0.1, 0.15) is 0 Å². The molecule has 0 fully saturated rings. The average molecular weight is 330 g/mol. The Bertz CT molecular complexity index is 639. The van der Waals surface area contributed by atoms with Crippen LogP contribution < -0.4 is 5.32 Å². The summed E-state index contributed by atoms with van der Waals surface area (Å²) >= 11 is 1.53. The molecule has 0 spiro atoms. The summed E-state index contributed by atoms with van der Waals surface area (Å²) in [4.78, 5) is 11.8. The number of carbonyl (C=O) groups is 1. The summed E-state index contributed by atoms with van der Waals surface area (Å²) in [5.41, 5.74) is 0.0152. The summed E-state index contributed by atoms with van der Waals surface area (Å²) in [5, 5.41) is 10.1. The van der Waals surface area contributed by atoms with Gasteiger partial charge in [-0.2, -0.15) is 13.2 Å². The molecule has 2 rings (SSSR count). The fourth-order valence-corrected chi connectivity index (χ4v) is 2.07. The zero-order valence-corrected chi connectivity index (χ0v) is 12.4. The van der Waals surface area contributed by atoms with Gasteiger partial charge in [0.05, 0.1) is 17.6 Å². The van der Waals surface area contributed by atoms with Crippen LogP contribution in [-0.2, 0) is 18.6 Å². The number of nitrogens with zero attached hydrogens (tertiary/aromatic N) is 3. The van der Waals surface area contributed by atoms with Crippen molar-refractivity contribution in [2.45, 2.75) is 18.6 Å². The summed E-state index contributed by atoms with van der Waals surface area (Å²) in [6.07, 6.45) is -0.956. The average Bonchev–Trinajstić information content (AvgIpc) is 2.93.